The van der Waals surface area contributed by atoms with E-state index in [0.29, 0.717) is 18.0 Å². The van der Waals surface area contributed by atoms with Gasteiger partial charge in [0.05, 0.1) is 11.5 Å². The summed E-state index contributed by atoms with van der Waals surface area (Å²) in [5.74, 6) is 0.958. The lowest BCUT2D eigenvalue weighted by Crippen LogP contribution is -2.54. The highest BCUT2D eigenvalue weighted by atomic mass is 32.2. The maximum atomic E-state index is 11.7. The molecule has 0 amide bonds. The van der Waals surface area contributed by atoms with Crippen molar-refractivity contribution < 1.29 is 13.2 Å². The summed E-state index contributed by atoms with van der Waals surface area (Å²) >= 11 is 0. The third kappa shape index (κ3) is 2.71. The van der Waals surface area contributed by atoms with Gasteiger partial charge in [0, 0.05) is 31.0 Å². The molecule has 0 aliphatic carbocycles. The molecule has 0 spiro atoms. The zero-order valence-corrected chi connectivity index (χ0v) is 11.4. The number of rotatable bonds is 1. The van der Waals surface area contributed by atoms with Crippen molar-refractivity contribution in [1.82, 2.24) is 4.90 Å². The topological polar surface area (TPSA) is 54.5 Å². The summed E-state index contributed by atoms with van der Waals surface area (Å²) < 4.78 is 23.3. The molecule has 3 unspecified atom stereocenters. The van der Waals surface area contributed by atoms with E-state index in [9.17, 15) is 13.2 Å². The molecule has 0 saturated carbocycles. The van der Waals surface area contributed by atoms with Crippen molar-refractivity contribution in [2.24, 2.45) is 5.92 Å². The number of ketones is 1. The maximum absolute atomic E-state index is 11.7. The van der Waals surface area contributed by atoms with Crippen LogP contribution in [-0.2, 0) is 14.6 Å². The molecule has 2 saturated heterocycles. The van der Waals surface area contributed by atoms with Crippen LogP contribution in [0, 0.1) is 5.92 Å². The number of sulfone groups is 1. The summed E-state index contributed by atoms with van der Waals surface area (Å²) in [7, 11) is -2.86. The second-order valence-corrected chi connectivity index (χ2v) is 7.62. The van der Waals surface area contributed by atoms with Crippen LogP contribution in [0.2, 0.25) is 0 Å². The number of hydrogen-bond donors (Lipinski definition) is 0. The molecule has 0 aromatic heterocycles. The first-order valence-electron chi connectivity index (χ1n) is 6.39. The Morgan fingerprint density at radius 2 is 2.00 bits per heavy atom. The molecule has 98 valence electrons. The van der Waals surface area contributed by atoms with Crippen LogP contribution in [0.15, 0.2) is 0 Å². The molecule has 5 heteroatoms. The van der Waals surface area contributed by atoms with Crippen LogP contribution in [0.4, 0.5) is 0 Å². The molecule has 2 aliphatic heterocycles. The normalized spacial score (nSPS) is 39.2. The van der Waals surface area contributed by atoms with Gasteiger partial charge >= 0.3 is 0 Å². The van der Waals surface area contributed by atoms with Gasteiger partial charge in [-0.05, 0) is 19.8 Å². The Morgan fingerprint density at radius 3 is 2.65 bits per heavy atom. The summed E-state index contributed by atoms with van der Waals surface area (Å²) in [6.45, 7) is 4.73. The van der Waals surface area contributed by atoms with E-state index in [0.717, 1.165) is 19.4 Å². The molecule has 0 aromatic rings. The first-order valence-corrected chi connectivity index (χ1v) is 8.22. The van der Waals surface area contributed by atoms with Crippen molar-refractivity contribution in [3.63, 3.8) is 0 Å². The molecule has 2 aliphatic rings. The van der Waals surface area contributed by atoms with E-state index in [1.165, 1.54) is 0 Å². The molecule has 0 N–H and O–H groups in total. The SMILES string of the molecule is CC1C(=O)CCN(C2CCCS(=O)(=O)C2)C1C. The van der Waals surface area contributed by atoms with Crippen LogP contribution in [-0.4, -0.2) is 49.2 Å². The molecule has 0 aromatic carbocycles. The Morgan fingerprint density at radius 1 is 1.29 bits per heavy atom. The number of carbonyl (C=O) groups excluding carboxylic acids is 1. The standard InChI is InChI=1S/C12H21NO3S/c1-9-10(2)13(6-5-12(9)14)11-4-3-7-17(15,16)8-11/h9-11H,3-8H2,1-2H3. The lowest BCUT2D eigenvalue weighted by molar-refractivity contribution is -0.128. The van der Waals surface area contributed by atoms with E-state index in [-0.39, 0.29) is 23.8 Å². The van der Waals surface area contributed by atoms with Gasteiger partial charge in [0.15, 0.2) is 9.84 Å². The van der Waals surface area contributed by atoms with Gasteiger partial charge in [0.25, 0.3) is 0 Å². The molecule has 0 bridgehead atoms. The molecule has 0 radical (unpaired) electrons. The van der Waals surface area contributed by atoms with Gasteiger partial charge in [0.2, 0.25) is 0 Å². The Bertz CT molecular complexity index is 404. The predicted molar refractivity (Wildman–Crippen MR) is 66.6 cm³/mol. The number of carbonyl (C=O) groups is 1. The lowest BCUT2D eigenvalue weighted by Gasteiger charge is -2.43. The highest BCUT2D eigenvalue weighted by Gasteiger charge is 2.37. The van der Waals surface area contributed by atoms with Crippen molar-refractivity contribution in [2.45, 2.75) is 45.2 Å². The van der Waals surface area contributed by atoms with Gasteiger partial charge < -0.3 is 0 Å². The van der Waals surface area contributed by atoms with Crippen molar-refractivity contribution in [3.05, 3.63) is 0 Å². The second kappa shape index (κ2) is 4.69. The average molecular weight is 259 g/mol. The minimum Gasteiger partial charge on any atom is -0.299 e. The largest absolute Gasteiger partial charge is 0.299 e. The van der Waals surface area contributed by atoms with Gasteiger partial charge in [-0.3, -0.25) is 9.69 Å². The number of hydrogen-bond acceptors (Lipinski definition) is 4. The van der Waals surface area contributed by atoms with E-state index in [4.69, 9.17) is 0 Å². The average Bonchev–Trinajstić information content (AvgIpc) is 2.25. The van der Waals surface area contributed by atoms with Gasteiger partial charge in [-0.1, -0.05) is 6.92 Å². The summed E-state index contributed by atoms with van der Waals surface area (Å²) in [5, 5.41) is 0. The fourth-order valence-corrected chi connectivity index (χ4v) is 4.72. The van der Waals surface area contributed by atoms with Crippen LogP contribution in [0.3, 0.4) is 0 Å². The Balaban J connectivity index is 2.09. The molecule has 2 heterocycles. The molecular weight excluding hydrogens is 238 g/mol. The van der Waals surface area contributed by atoms with Crippen molar-refractivity contribution in [3.8, 4) is 0 Å². The monoisotopic (exact) mass is 259 g/mol. The van der Waals surface area contributed by atoms with Gasteiger partial charge in [-0.2, -0.15) is 0 Å². The molecule has 17 heavy (non-hydrogen) atoms. The van der Waals surface area contributed by atoms with Gasteiger partial charge in [-0.15, -0.1) is 0 Å². The Hall–Kier alpha value is -0.420. The van der Waals surface area contributed by atoms with Gasteiger partial charge in [0.1, 0.15) is 5.78 Å². The first-order chi connectivity index (χ1) is 7.91. The fourth-order valence-electron chi connectivity index (χ4n) is 3.00. The van der Waals surface area contributed by atoms with E-state index in [1.54, 1.807) is 0 Å². The minimum atomic E-state index is -2.86. The predicted octanol–water partition coefficient (Wildman–Crippen LogP) is 0.863. The van der Waals surface area contributed by atoms with Crippen molar-refractivity contribution in [2.75, 3.05) is 18.1 Å². The summed E-state index contributed by atoms with van der Waals surface area (Å²) in [5.41, 5.74) is 0. The van der Waals surface area contributed by atoms with Crippen LogP contribution >= 0.6 is 0 Å². The number of nitrogens with zero attached hydrogens (tertiary/aromatic N) is 1. The van der Waals surface area contributed by atoms with Crippen molar-refractivity contribution in [1.29, 1.82) is 0 Å². The molecular formula is C12H21NO3S. The number of piperidine rings is 1. The van der Waals surface area contributed by atoms with E-state index in [1.807, 2.05) is 13.8 Å². The van der Waals surface area contributed by atoms with E-state index < -0.39 is 9.84 Å². The third-order valence-electron chi connectivity index (χ3n) is 4.28. The molecule has 2 rings (SSSR count). The van der Waals surface area contributed by atoms with Crippen LogP contribution in [0.25, 0.3) is 0 Å². The highest BCUT2D eigenvalue weighted by molar-refractivity contribution is 7.91. The quantitative estimate of drug-likeness (QED) is 0.701. The van der Waals surface area contributed by atoms with Crippen LogP contribution < -0.4 is 0 Å². The Kier molecular flexibility index (Phi) is 3.59. The van der Waals surface area contributed by atoms with E-state index >= 15 is 0 Å². The lowest BCUT2D eigenvalue weighted by atomic mass is 9.89. The zero-order valence-electron chi connectivity index (χ0n) is 10.6. The summed E-state index contributed by atoms with van der Waals surface area (Å²) in [6.07, 6.45) is 2.28. The number of likely N-dealkylation sites (tertiary alicyclic amines) is 1. The molecule has 3 atom stereocenters. The zero-order chi connectivity index (χ0) is 12.6. The summed E-state index contributed by atoms with van der Waals surface area (Å²) in [6, 6.07) is 0.300. The second-order valence-electron chi connectivity index (χ2n) is 5.39. The summed E-state index contributed by atoms with van der Waals surface area (Å²) in [4.78, 5) is 13.9. The Labute approximate surface area is 103 Å². The molecule has 2 fully saturated rings. The minimum absolute atomic E-state index is 0.0355. The van der Waals surface area contributed by atoms with Crippen LogP contribution in [0.1, 0.15) is 33.1 Å². The van der Waals surface area contributed by atoms with Crippen LogP contribution in [0.5, 0.6) is 0 Å². The van der Waals surface area contributed by atoms with Gasteiger partial charge in [-0.25, -0.2) is 8.42 Å². The first kappa shape index (κ1) is 13.0. The molecule has 4 nitrogen and oxygen atoms in total. The maximum Gasteiger partial charge on any atom is 0.151 e. The van der Waals surface area contributed by atoms with Crippen molar-refractivity contribution >= 4 is 15.6 Å². The third-order valence-corrected chi connectivity index (χ3v) is 6.08. The highest BCUT2D eigenvalue weighted by Crippen LogP contribution is 2.27. The smallest absolute Gasteiger partial charge is 0.151 e. The fraction of sp³-hybridized carbons (Fsp3) is 0.917. The van der Waals surface area contributed by atoms with E-state index in [2.05, 4.69) is 4.90 Å². The number of Topliss-reactive ketones (excluding diaryl/α,β-unsaturated/α-hetero) is 1.